The molecule has 0 N–H and O–H groups in total. The van der Waals surface area contributed by atoms with Crippen LogP contribution in [0.3, 0.4) is 0 Å². The molecule has 1 atom stereocenters. The van der Waals surface area contributed by atoms with Gasteiger partial charge in [0.2, 0.25) is 11.8 Å². The summed E-state index contributed by atoms with van der Waals surface area (Å²) in [6.07, 6.45) is -2.14. The third kappa shape index (κ3) is 4.15. The van der Waals surface area contributed by atoms with Gasteiger partial charge in [0.1, 0.15) is 0 Å². The van der Waals surface area contributed by atoms with Crippen molar-refractivity contribution in [2.24, 2.45) is 5.92 Å². The molecule has 25 heavy (non-hydrogen) atoms. The molecule has 3 rings (SSSR count). The van der Waals surface area contributed by atoms with E-state index in [4.69, 9.17) is 0 Å². The second-order valence-corrected chi connectivity index (χ2v) is 6.76. The molecule has 2 saturated heterocycles. The molecule has 7 heteroatoms. The summed E-state index contributed by atoms with van der Waals surface area (Å²) in [5.74, 6) is -0.436. The van der Waals surface area contributed by atoms with Crippen LogP contribution in [-0.4, -0.2) is 67.3 Å². The van der Waals surface area contributed by atoms with Gasteiger partial charge in [-0.05, 0) is 19.1 Å². The quantitative estimate of drug-likeness (QED) is 0.830. The van der Waals surface area contributed by atoms with Gasteiger partial charge in [0, 0.05) is 44.8 Å². The lowest BCUT2D eigenvalue weighted by Gasteiger charge is -2.35. The van der Waals surface area contributed by atoms with Gasteiger partial charge in [-0.25, -0.2) is 8.78 Å². The number of hydrogen-bond acceptors (Lipinski definition) is 3. The molecule has 0 bridgehead atoms. The van der Waals surface area contributed by atoms with E-state index in [9.17, 15) is 18.4 Å². The standard InChI is InChI=1S/C18H23F2N3O2/c1-13-2-4-15(5-3-13)23-11-14(10-17(23)24)18(25)22-8-6-21(7-9-22)12-16(19)20/h2-5,14,16H,6-12H2,1H3. The first kappa shape index (κ1) is 17.8. The van der Waals surface area contributed by atoms with E-state index in [1.807, 2.05) is 31.2 Å². The molecule has 2 heterocycles. The van der Waals surface area contributed by atoms with Crippen molar-refractivity contribution in [2.45, 2.75) is 19.8 Å². The minimum Gasteiger partial charge on any atom is -0.340 e. The van der Waals surface area contributed by atoms with Crippen LogP contribution in [0.5, 0.6) is 0 Å². The fourth-order valence-electron chi connectivity index (χ4n) is 3.45. The minimum absolute atomic E-state index is 0.0420. The minimum atomic E-state index is -2.35. The second kappa shape index (κ2) is 7.47. The number of rotatable bonds is 4. The van der Waals surface area contributed by atoms with Gasteiger partial charge >= 0.3 is 0 Å². The Morgan fingerprint density at radius 2 is 1.80 bits per heavy atom. The second-order valence-electron chi connectivity index (χ2n) is 6.76. The smallest absolute Gasteiger partial charge is 0.251 e. The van der Waals surface area contributed by atoms with Crippen LogP contribution in [0.4, 0.5) is 14.5 Å². The molecule has 2 aliphatic rings. The van der Waals surface area contributed by atoms with E-state index in [-0.39, 0.29) is 30.7 Å². The lowest BCUT2D eigenvalue weighted by atomic mass is 10.1. The van der Waals surface area contributed by atoms with Gasteiger partial charge in [0.05, 0.1) is 12.5 Å². The molecule has 1 unspecified atom stereocenters. The van der Waals surface area contributed by atoms with E-state index in [2.05, 4.69) is 0 Å². The maximum absolute atomic E-state index is 12.7. The van der Waals surface area contributed by atoms with E-state index >= 15 is 0 Å². The molecule has 136 valence electrons. The van der Waals surface area contributed by atoms with Crippen LogP contribution in [0.1, 0.15) is 12.0 Å². The summed E-state index contributed by atoms with van der Waals surface area (Å²) in [6, 6.07) is 7.67. The summed E-state index contributed by atoms with van der Waals surface area (Å²) in [7, 11) is 0. The largest absolute Gasteiger partial charge is 0.340 e. The van der Waals surface area contributed by atoms with Crippen LogP contribution in [-0.2, 0) is 9.59 Å². The zero-order valence-electron chi connectivity index (χ0n) is 14.3. The van der Waals surface area contributed by atoms with Crippen LogP contribution in [0, 0.1) is 12.8 Å². The van der Waals surface area contributed by atoms with Crippen molar-refractivity contribution >= 4 is 17.5 Å². The Hall–Kier alpha value is -2.02. The Kier molecular flexibility index (Phi) is 5.32. The number of anilines is 1. The third-order valence-electron chi connectivity index (χ3n) is 4.90. The molecule has 1 aromatic rings. The summed E-state index contributed by atoms with van der Waals surface area (Å²) in [6.45, 7) is 3.93. The van der Waals surface area contributed by atoms with Gasteiger partial charge < -0.3 is 9.80 Å². The molecule has 2 aliphatic heterocycles. The molecule has 2 amide bonds. The highest BCUT2D eigenvalue weighted by Crippen LogP contribution is 2.27. The zero-order chi connectivity index (χ0) is 18.0. The van der Waals surface area contributed by atoms with E-state index in [1.165, 1.54) is 0 Å². The van der Waals surface area contributed by atoms with Crippen molar-refractivity contribution in [1.29, 1.82) is 0 Å². The number of nitrogens with zero attached hydrogens (tertiary/aromatic N) is 3. The van der Waals surface area contributed by atoms with Crippen molar-refractivity contribution < 1.29 is 18.4 Å². The Labute approximate surface area is 146 Å². The van der Waals surface area contributed by atoms with Crippen LogP contribution in [0.25, 0.3) is 0 Å². The lowest BCUT2D eigenvalue weighted by molar-refractivity contribution is -0.137. The predicted molar refractivity (Wildman–Crippen MR) is 90.7 cm³/mol. The first-order chi connectivity index (χ1) is 11.9. The molecular weight excluding hydrogens is 328 g/mol. The van der Waals surface area contributed by atoms with E-state index in [0.29, 0.717) is 32.7 Å². The number of carbonyl (C=O) groups is 2. The number of alkyl halides is 2. The molecule has 0 radical (unpaired) electrons. The first-order valence-electron chi connectivity index (χ1n) is 8.60. The highest BCUT2D eigenvalue weighted by atomic mass is 19.3. The van der Waals surface area contributed by atoms with Gasteiger partial charge in [-0.3, -0.25) is 14.5 Å². The number of hydrogen-bond donors (Lipinski definition) is 0. The van der Waals surface area contributed by atoms with Crippen molar-refractivity contribution in [3.05, 3.63) is 29.8 Å². The topological polar surface area (TPSA) is 43.9 Å². The number of aryl methyl sites for hydroxylation is 1. The van der Waals surface area contributed by atoms with E-state index in [1.54, 1.807) is 14.7 Å². The van der Waals surface area contributed by atoms with E-state index in [0.717, 1.165) is 11.3 Å². The first-order valence-corrected chi connectivity index (χ1v) is 8.60. The molecule has 1 aromatic carbocycles. The summed E-state index contributed by atoms with van der Waals surface area (Å²) in [4.78, 5) is 30.0. The van der Waals surface area contributed by atoms with Crippen LogP contribution < -0.4 is 4.90 Å². The average molecular weight is 351 g/mol. The van der Waals surface area contributed by atoms with Crippen molar-refractivity contribution in [3.8, 4) is 0 Å². The monoisotopic (exact) mass is 351 g/mol. The number of carbonyl (C=O) groups excluding carboxylic acids is 2. The van der Waals surface area contributed by atoms with Crippen molar-refractivity contribution in [2.75, 3.05) is 44.2 Å². The summed E-state index contributed by atoms with van der Waals surface area (Å²) in [5.41, 5.74) is 1.93. The van der Waals surface area contributed by atoms with Gasteiger partial charge in [-0.1, -0.05) is 17.7 Å². The third-order valence-corrected chi connectivity index (χ3v) is 4.90. The number of benzene rings is 1. The summed E-state index contributed by atoms with van der Waals surface area (Å²) >= 11 is 0. The predicted octanol–water partition coefficient (Wildman–Crippen LogP) is 1.76. The van der Waals surface area contributed by atoms with Crippen molar-refractivity contribution in [1.82, 2.24) is 9.80 Å². The van der Waals surface area contributed by atoms with Gasteiger partial charge in [0.25, 0.3) is 6.43 Å². The molecular formula is C18H23F2N3O2. The number of amides is 2. The highest BCUT2D eigenvalue weighted by molar-refractivity contribution is 6.00. The Morgan fingerprint density at radius 1 is 1.16 bits per heavy atom. The number of halogens is 2. The van der Waals surface area contributed by atoms with Crippen molar-refractivity contribution in [3.63, 3.8) is 0 Å². The maximum atomic E-state index is 12.7. The Bertz CT molecular complexity index is 628. The number of piperazine rings is 1. The van der Waals surface area contributed by atoms with E-state index < -0.39 is 6.43 Å². The molecule has 2 fully saturated rings. The normalized spacial score (nSPS) is 22.1. The highest BCUT2D eigenvalue weighted by Gasteiger charge is 2.38. The molecule has 0 aliphatic carbocycles. The SMILES string of the molecule is Cc1ccc(N2CC(C(=O)N3CCN(CC(F)F)CC3)CC2=O)cc1. The Balaban J connectivity index is 1.57. The molecule has 5 nitrogen and oxygen atoms in total. The van der Waals surface area contributed by atoms with Crippen LogP contribution in [0.2, 0.25) is 0 Å². The summed E-state index contributed by atoms with van der Waals surface area (Å²) < 4.78 is 24.9. The summed E-state index contributed by atoms with van der Waals surface area (Å²) in [5, 5.41) is 0. The van der Waals surface area contributed by atoms with Crippen LogP contribution >= 0.6 is 0 Å². The van der Waals surface area contributed by atoms with Gasteiger partial charge in [-0.2, -0.15) is 0 Å². The zero-order valence-corrected chi connectivity index (χ0v) is 14.3. The Morgan fingerprint density at radius 3 is 2.40 bits per heavy atom. The average Bonchev–Trinajstić information content (AvgIpc) is 2.97. The fraction of sp³-hybridized carbons (Fsp3) is 0.556. The molecule has 0 spiro atoms. The van der Waals surface area contributed by atoms with Crippen LogP contribution in [0.15, 0.2) is 24.3 Å². The lowest BCUT2D eigenvalue weighted by Crippen LogP contribution is -2.51. The molecule has 0 aromatic heterocycles. The maximum Gasteiger partial charge on any atom is 0.251 e. The molecule has 0 saturated carbocycles. The fourth-order valence-corrected chi connectivity index (χ4v) is 3.45. The van der Waals surface area contributed by atoms with Gasteiger partial charge in [0.15, 0.2) is 0 Å². The van der Waals surface area contributed by atoms with Gasteiger partial charge in [-0.15, -0.1) is 0 Å².